The van der Waals surface area contributed by atoms with Gasteiger partial charge in [-0.3, -0.25) is 9.48 Å². The second-order valence-corrected chi connectivity index (χ2v) is 4.61. The first-order valence-corrected chi connectivity index (χ1v) is 6.79. The molecule has 0 atom stereocenters. The third kappa shape index (κ3) is 4.20. The van der Waals surface area contributed by atoms with E-state index in [2.05, 4.69) is 5.10 Å². The van der Waals surface area contributed by atoms with Crippen molar-refractivity contribution < 1.29 is 4.79 Å². The highest BCUT2D eigenvalue weighted by Gasteiger charge is 2.13. The summed E-state index contributed by atoms with van der Waals surface area (Å²) in [5.41, 5.74) is 6.72. The van der Waals surface area contributed by atoms with Gasteiger partial charge in [0, 0.05) is 45.0 Å². The SMILES string of the molecule is NCCN(Cc1ccccc1)C(=O)CCn1cccn1. The van der Waals surface area contributed by atoms with E-state index >= 15 is 0 Å². The average molecular weight is 272 g/mol. The van der Waals surface area contributed by atoms with Gasteiger partial charge in [0.1, 0.15) is 0 Å². The summed E-state index contributed by atoms with van der Waals surface area (Å²) >= 11 is 0. The summed E-state index contributed by atoms with van der Waals surface area (Å²) in [7, 11) is 0. The van der Waals surface area contributed by atoms with E-state index in [9.17, 15) is 4.79 Å². The zero-order valence-electron chi connectivity index (χ0n) is 11.5. The number of nitrogens with two attached hydrogens (primary N) is 1. The van der Waals surface area contributed by atoms with Crippen LogP contribution in [0.25, 0.3) is 0 Å². The largest absolute Gasteiger partial charge is 0.337 e. The Morgan fingerprint density at radius 3 is 2.70 bits per heavy atom. The van der Waals surface area contributed by atoms with Crippen LogP contribution in [0.5, 0.6) is 0 Å². The molecule has 0 spiro atoms. The summed E-state index contributed by atoms with van der Waals surface area (Å²) in [5, 5.41) is 4.10. The molecular formula is C15H20N4O. The Labute approximate surface area is 119 Å². The number of amides is 1. The maximum absolute atomic E-state index is 12.3. The van der Waals surface area contributed by atoms with E-state index in [1.54, 1.807) is 15.8 Å². The molecule has 5 heteroatoms. The molecule has 1 amide bonds. The molecule has 1 aromatic heterocycles. The number of carbonyl (C=O) groups is 1. The lowest BCUT2D eigenvalue weighted by Crippen LogP contribution is -2.35. The van der Waals surface area contributed by atoms with Crippen molar-refractivity contribution in [1.29, 1.82) is 0 Å². The molecule has 0 radical (unpaired) electrons. The molecule has 1 heterocycles. The van der Waals surface area contributed by atoms with Gasteiger partial charge in [-0.2, -0.15) is 5.10 Å². The standard InChI is InChI=1S/C15H20N4O/c16-8-12-18(13-14-5-2-1-3-6-14)15(20)7-11-19-10-4-9-17-19/h1-6,9-10H,7-8,11-13,16H2. The zero-order chi connectivity index (χ0) is 14.2. The molecule has 2 N–H and O–H groups in total. The molecule has 5 nitrogen and oxygen atoms in total. The van der Waals surface area contributed by atoms with E-state index in [1.165, 1.54) is 0 Å². The Bertz CT molecular complexity index is 510. The molecule has 2 aromatic rings. The monoisotopic (exact) mass is 272 g/mol. The normalized spacial score (nSPS) is 10.4. The van der Waals surface area contributed by atoms with Crippen LogP contribution in [0.4, 0.5) is 0 Å². The molecular weight excluding hydrogens is 252 g/mol. The summed E-state index contributed by atoms with van der Waals surface area (Å²) in [4.78, 5) is 14.1. The number of carbonyl (C=O) groups excluding carboxylic acids is 1. The van der Waals surface area contributed by atoms with Gasteiger partial charge < -0.3 is 10.6 Å². The average Bonchev–Trinajstić information content (AvgIpc) is 2.99. The molecule has 2 rings (SSSR count). The minimum Gasteiger partial charge on any atom is -0.337 e. The van der Waals surface area contributed by atoms with Crippen molar-refractivity contribution in [2.75, 3.05) is 13.1 Å². The fourth-order valence-corrected chi connectivity index (χ4v) is 2.05. The minimum absolute atomic E-state index is 0.106. The van der Waals surface area contributed by atoms with Gasteiger partial charge in [0.25, 0.3) is 0 Å². The first-order chi connectivity index (χ1) is 9.79. The van der Waals surface area contributed by atoms with Crippen molar-refractivity contribution in [3.05, 3.63) is 54.4 Å². The quantitative estimate of drug-likeness (QED) is 0.825. The molecule has 0 saturated carbocycles. The topological polar surface area (TPSA) is 64.2 Å². The summed E-state index contributed by atoms with van der Waals surface area (Å²) in [5.74, 6) is 0.106. The van der Waals surface area contributed by atoms with Crippen molar-refractivity contribution in [1.82, 2.24) is 14.7 Å². The van der Waals surface area contributed by atoms with Crippen molar-refractivity contribution in [3.63, 3.8) is 0 Å². The second-order valence-electron chi connectivity index (χ2n) is 4.61. The van der Waals surface area contributed by atoms with E-state index in [-0.39, 0.29) is 5.91 Å². The van der Waals surface area contributed by atoms with E-state index in [0.29, 0.717) is 32.6 Å². The molecule has 1 aromatic carbocycles. The van der Waals surface area contributed by atoms with Crippen molar-refractivity contribution in [2.24, 2.45) is 5.73 Å². The van der Waals surface area contributed by atoms with Gasteiger partial charge >= 0.3 is 0 Å². The fourth-order valence-electron chi connectivity index (χ4n) is 2.05. The van der Waals surface area contributed by atoms with Crippen LogP contribution < -0.4 is 5.73 Å². The lowest BCUT2D eigenvalue weighted by molar-refractivity contribution is -0.132. The molecule has 0 aliphatic rings. The predicted octanol–water partition coefficient (Wildman–Crippen LogP) is 1.26. The smallest absolute Gasteiger partial charge is 0.224 e. The Morgan fingerprint density at radius 2 is 2.05 bits per heavy atom. The molecule has 0 aliphatic heterocycles. The number of hydrogen-bond donors (Lipinski definition) is 1. The van der Waals surface area contributed by atoms with Gasteiger partial charge in [0.05, 0.1) is 0 Å². The van der Waals surface area contributed by atoms with E-state index < -0.39 is 0 Å². The van der Waals surface area contributed by atoms with E-state index in [4.69, 9.17) is 5.73 Å². The zero-order valence-corrected chi connectivity index (χ0v) is 11.5. The number of benzene rings is 1. The summed E-state index contributed by atoms with van der Waals surface area (Å²) in [6.45, 7) is 2.25. The Morgan fingerprint density at radius 1 is 1.25 bits per heavy atom. The van der Waals surface area contributed by atoms with Gasteiger partial charge in [-0.1, -0.05) is 30.3 Å². The number of aromatic nitrogens is 2. The molecule has 20 heavy (non-hydrogen) atoms. The van der Waals surface area contributed by atoms with Crippen LogP contribution in [-0.4, -0.2) is 33.7 Å². The summed E-state index contributed by atoms with van der Waals surface area (Å²) in [6.07, 6.45) is 4.01. The minimum atomic E-state index is 0.106. The second kappa shape index (κ2) is 7.45. The van der Waals surface area contributed by atoms with Crippen LogP contribution in [0, 0.1) is 0 Å². The van der Waals surface area contributed by atoms with Gasteiger partial charge in [0.2, 0.25) is 5.91 Å². The first kappa shape index (κ1) is 14.3. The fraction of sp³-hybridized carbons (Fsp3) is 0.333. The lowest BCUT2D eigenvalue weighted by atomic mass is 10.2. The first-order valence-electron chi connectivity index (χ1n) is 6.79. The summed E-state index contributed by atoms with van der Waals surface area (Å²) in [6, 6.07) is 11.8. The van der Waals surface area contributed by atoms with Gasteiger partial charge in [0.15, 0.2) is 0 Å². The number of rotatable bonds is 7. The number of nitrogens with zero attached hydrogens (tertiary/aromatic N) is 3. The Hall–Kier alpha value is -2.14. The molecule has 0 aliphatic carbocycles. The van der Waals surface area contributed by atoms with Crippen LogP contribution in [0.1, 0.15) is 12.0 Å². The van der Waals surface area contributed by atoms with Gasteiger partial charge in [-0.25, -0.2) is 0 Å². The van der Waals surface area contributed by atoms with Crippen LogP contribution in [0.2, 0.25) is 0 Å². The van der Waals surface area contributed by atoms with E-state index in [1.807, 2.05) is 42.6 Å². The van der Waals surface area contributed by atoms with E-state index in [0.717, 1.165) is 5.56 Å². The van der Waals surface area contributed by atoms with Crippen molar-refractivity contribution in [3.8, 4) is 0 Å². The van der Waals surface area contributed by atoms with Gasteiger partial charge in [-0.05, 0) is 11.6 Å². The Kier molecular flexibility index (Phi) is 5.32. The number of aryl methyl sites for hydroxylation is 1. The van der Waals surface area contributed by atoms with Gasteiger partial charge in [-0.15, -0.1) is 0 Å². The molecule has 0 bridgehead atoms. The molecule has 0 saturated heterocycles. The lowest BCUT2D eigenvalue weighted by Gasteiger charge is -2.22. The molecule has 0 fully saturated rings. The maximum Gasteiger partial charge on any atom is 0.224 e. The highest BCUT2D eigenvalue weighted by atomic mass is 16.2. The third-order valence-corrected chi connectivity index (χ3v) is 3.08. The van der Waals surface area contributed by atoms with Crippen molar-refractivity contribution >= 4 is 5.91 Å². The van der Waals surface area contributed by atoms with Crippen LogP contribution in [0.15, 0.2) is 48.8 Å². The number of hydrogen-bond acceptors (Lipinski definition) is 3. The maximum atomic E-state index is 12.3. The van der Waals surface area contributed by atoms with Crippen LogP contribution in [0.3, 0.4) is 0 Å². The Balaban J connectivity index is 1.91. The summed E-state index contributed by atoms with van der Waals surface area (Å²) < 4.78 is 1.76. The highest BCUT2D eigenvalue weighted by Crippen LogP contribution is 2.06. The van der Waals surface area contributed by atoms with Crippen LogP contribution >= 0.6 is 0 Å². The predicted molar refractivity (Wildman–Crippen MR) is 77.8 cm³/mol. The highest BCUT2D eigenvalue weighted by molar-refractivity contribution is 5.76. The van der Waals surface area contributed by atoms with Crippen LogP contribution in [-0.2, 0) is 17.9 Å². The molecule has 0 unspecified atom stereocenters. The van der Waals surface area contributed by atoms with Crippen molar-refractivity contribution in [2.45, 2.75) is 19.5 Å². The third-order valence-electron chi connectivity index (χ3n) is 3.08. The molecule has 106 valence electrons.